The predicted octanol–water partition coefficient (Wildman–Crippen LogP) is 9.62. The average Bonchev–Trinajstić information content (AvgIpc) is 3.14. The molecule has 4 nitrogen and oxygen atoms in total. The zero-order valence-electron chi connectivity index (χ0n) is 27.4. The molecule has 0 aliphatic rings. The van der Waals surface area contributed by atoms with Crippen LogP contribution in [0.25, 0.3) is 32.7 Å². The SMILES string of the molecule is C#CCOCCOc1ccc2ccccc2c1C(C)(c1ccc(-c2ccccc2)cc1)c1c(OCCOCC=C)ccc2ccccc12. The second kappa shape index (κ2) is 15.5. The van der Waals surface area contributed by atoms with Gasteiger partial charge in [-0.25, -0.2) is 0 Å². The Labute approximate surface area is 283 Å². The number of ether oxygens (including phenoxy) is 4. The van der Waals surface area contributed by atoms with Gasteiger partial charge < -0.3 is 18.9 Å². The standard InChI is InChI=1S/C44H40O4/c1-4-27-45-29-31-47-40-25-21-35-15-9-11-17-38(35)42(40)44(3,37-23-19-34(20-24-37)33-13-7-6-8-14-33)43-39-18-12-10-16-36(39)22-26-41(43)48-32-30-46-28-5-2/h1,5-26H,2,27-32H2,3H3. The number of benzene rings is 6. The summed E-state index contributed by atoms with van der Waals surface area (Å²) in [5.41, 5.74) is 4.80. The normalized spacial score (nSPS) is 12.3. The first-order valence-electron chi connectivity index (χ1n) is 16.3. The Morgan fingerprint density at radius 2 is 1.12 bits per heavy atom. The third kappa shape index (κ3) is 6.85. The van der Waals surface area contributed by atoms with Crippen LogP contribution in [0.1, 0.15) is 23.6 Å². The highest BCUT2D eigenvalue weighted by Gasteiger charge is 2.39. The van der Waals surface area contributed by atoms with Crippen molar-refractivity contribution < 1.29 is 18.9 Å². The molecule has 0 N–H and O–H groups in total. The molecule has 0 spiro atoms. The Hall–Kier alpha value is -5.34. The topological polar surface area (TPSA) is 36.9 Å². The molecule has 1 unspecified atom stereocenters. The van der Waals surface area contributed by atoms with Gasteiger partial charge in [0.1, 0.15) is 31.3 Å². The average molecular weight is 633 g/mol. The Kier molecular flexibility index (Phi) is 10.5. The van der Waals surface area contributed by atoms with E-state index in [-0.39, 0.29) is 6.61 Å². The highest BCUT2D eigenvalue weighted by atomic mass is 16.5. The minimum atomic E-state index is -0.733. The summed E-state index contributed by atoms with van der Waals surface area (Å²) in [6.45, 7) is 8.35. The Morgan fingerprint density at radius 3 is 1.69 bits per heavy atom. The molecule has 48 heavy (non-hydrogen) atoms. The van der Waals surface area contributed by atoms with Crippen LogP contribution >= 0.6 is 0 Å². The fourth-order valence-electron chi connectivity index (χ4n) is 6.53. The zero-order valence-corrected chi connectivity index (χ0v) is 27.4. The quantitative estimate of drug-likeness (QED) is 0.0489. The molecule has 6 aromatic carbocycles. The molecule has 0 aliphatic carbocycles. The highest BCUT2D eigenvalue weighted by Crippen LogP contribution is 2.51. The fraction of sp³-hybridized carbons (Fsp3) is 0.182. The molecule has 0 radical (unpaired) electrons. The minimum Gasteiger partial charge on any atom is -0.491 e. The molecule has 0 aromatic heterocycles. The van der Waals surface area contributed by atoms with E-state index in [9.17, 15) is 0 Å². The van der Waals surface area contributed by atoms with Crippen molar-refractivity contribution in [3.8, 4) is 35.0 Å². The molecule has 4 heteroatoms. The van der Waals surface area contributed by atoms with Crippen LogP contribution in [0.2, 0.25) is 0 Å². The first kappa shape index (κ1) is 32.6. The van der Waals surface area contributed by atoms with Crippen LogP contribution < -0.4 is 9.47 Å². The van der Waals surface area contributed by atoms with Crippen molar-refractivity contribution in [2.24, 2.45) is 0 Å². The number of fused-ring (bicyclic) bond motifs is 2. The van der Waals surface area contributed by atoms with Gasteiger partial charge in [0.2, 0.25) is 0 Å². The van der Waals surface area contributed by atoms with Gasteiger partial charge in [-0.1, -0.05) is 127 Å². The summed E-state index contributed by atoms with van der Waals surface area (Å²) in [7, 11) is 0. The third-order valence-corrected chi connectivity index (χ3v) is 8.74. The number of hydrogen-bond donors (Lipinski definition) is 0. The van der Waals surface area contributed by atoms with Gasteiger partial charge in [-0.15, -0.1) is 13.0 Å². The summed E-state index contributed by atoms with van der Waals surface area (Å²) < 4.78 is 24.5. The summed E-state index contributed by atoms with van der Waals surface area (Å²) in [6.07, 6.45) is 7.17. The van der Waals surface area contributed by atoms with Crippen molar-refractivity contribution >= 4 is 21.5 Å². The van der Waals surface area contributed by atoms with Gasteiger partial charge in [-0.2, -0.15) is 0 Å². The van der Waals surface area contributed by atoms with Crippen molar-refractivity contribution in [1.82, 2.24) is 0 Å². The smallest absolute Gasteiger partial charge is 0.124 e. The van der Waals surface area contributed by atoms with Gasteiger partial charge in [0.15, 0.2) is 0 Å². The molecule has 6 rings (SSSR count). The van der Waals surface area contributed by atoms with E-state index in [1.165, 1.54) is 5.56 Å². The minimum absolute atomic E-state index is 0.243. The summed E-state index contributed by atoms with van der Waals surface area (Å²) in [5, 5.41) is 4.45. The van der Waals surface area contributed by atoms with Gasteiger partial charge in [0.05, 0.1) is 25.2 Å². The van der Waals surface area contributed by atoms with Crippen LogP contribution in [0.3, 0.4) is 0 Å². The van der Waals surface area contributed by atoms with E-state index in [1.54, 1.807) is 6.08 Å². The third-order valence-electron chi connectivity index (χ3n) is 8.74. The van der Waals surface area contributed by atoms with E-state index in [0.717, 1.165) is 55.3 Å². The van der Waals surface area contributed by atoms with Crippen LogP contribution in [-0.2, 0) is 14.9 Å². The fourth-order valence-corrected chi connectivity index (χ4v) is 6.53. The molecule has 0 saturated carbocycles. The van der Waals surface area contributed by atoms with Gasteiger partial charge in [0.25, 0.3) is 0 Å². The molecule has 6 aromatic rings. The maximum absolute atomic E-state index is 6.61. The molecule has 0 bridgehead atoms. The Morgan fingerprint density at radius 1 is 0.604 bits per heavy atom. The largest absolute Gasteiger partial charge is 0.491 e. The van der Waals surface area contributed by atoms with Crippen LogP contribution in [0.4, 0.5) is 0 Å². The van der Waals surface area contributed by atoms with E-state index in [1.807, 2.05) is 6.07 Å². The van der Waals surface area contributed by atoms with Crippen molar-refractivity contribution in [2.75, 3.05) is 39.6 Å². The van der Waals surface area contributed by atoms with Crippen LogP contribution in [0.5, 0.6) is 11.5 Å². The van der Waals surface area contributed by atoms with Crippen LogP contribution in [0.15, 0.2) is 140 Å². The van der Waals surface area contributed by atoms with Crippen molar-refractivity contribution in [3.05, 3.63) is 157 Å². The van der Waals surface area contributed by atoms with E-state index in [0.29, 0.717) is 33.0 Å². The van der Waals surface area contributed by atoms with Crippen LogP contribution in [-0.4, -0.2) is 39.6 Å². The Balaban J connectivity index is 1.60. The summed E-state index contributed by atoms with van der Waals surface area (Å²) in [6, 6.07) is 44.7. The van der Waals surface area contributed by atoms with E-state index >= 15 is 0 Å². The summed E-state index contributed by atoms with van der Waals surface area (Å²) in [5.74, 6) is 4.10. The van der Waals surface area contributed by atoms with Gasteiger partial charge >= 0.3 is 0 Å². The maximum atomic E-state index is 6.61. The van der Waals surface area contributed by atoms with E-state index in [4.69, 9.17) is 25.4 Å². The van der Waals surface area contributed by atoms with Crippen molar-refractivity contribution in [3.63, 3.8) is 0 Å². The molecule has 0 amide bonds. The zero-order chi connectivity index (χ0) is 33.2. The first-order valence-corrected chi connectivity index (χ1v) is 16.3. The van der Waals surface area contributed by atoms with Gasteiger partial charge in [-0.05, 0) is 57.3 Å². The molecule has 0 aliphatic heterocycles. The molecular formula is C44H40O4. The van der Waals surface area contributed by atoms with Gasteiger partial charge in [0, 0.05) is 11.1 Å². The molecule has 240 valence electrons. The first-order chi connectivity index (χ1) is 23.6. The maximum Gasteiger partial charge on any atom is 0.124 e. The highest BCUT2D eigenvalue weighted by molar-refractivity contribution is 5.95. The van der Waals surface area contributed by atoms with E-state index < -0.39 is 5.41 Å². The van der Waals surface area contributed by atoms with Crippen molar-refractivity contribution in [1.29, 1.82) is 0 Å². The lowest BCUT2D eigenvalue weighted by Gasteiger charge is -2.36. The summed E-state index contributed by atoms with van der Waals surface area (Å²) >= 11 is 0. The Bertz CT molecular complexity index is 2020. The number of rotatable bonds is 15. The molecule has 1 atom stereocenters. The predicted molar refractivity (Wildman–Crippen MR) is 197 cm³/mol. The second-order valence-electron chi connectivity index (χ2n) is 11.7. The number of terminal acetylenes is 1. The monoisotopic (exact) mass is 632 g/mol. The van der Waals surface area contributed by atoms with Crippen LogP contribution in [0, 0.1) is 12.3 Å². The number of hydrogen-bond acceptors (Lipinski definition) is 4. The van der Waals surface area contributed by atoms with Gasteiger partial charge in [-0.3, -0.25) is 0 Å². The molecule has 0 heterocycles. The van der Waals surface area contributed by atoms with Crippen molar-refractivity contribution in [2.45, 2.75) is 12.3 Å². The van der Waals surface area contributed by atoms with E-state index in [2.05, 4.69) is 141 Å². The second-order valence-corrected chi connectivity index (χ2v) is 11.7. The lowest BCUT2D eigenvalue weighted by molar-refractivity contribution is 0.120. The lowest BCUT2D eigenvalue weighted by Crippen LogP contribution is -2.28. The molecule has 0 saturated heterocycles. The lowest BCUT2D eigenvalue weighted by atomic mass is 9.67. The molecule has 0 fully saturated rings. The molecular weight excluding hydrogens is 592 g/mol. The summed E-state index contributed by atoms with van der Waals surface area (Å²) in [4.78, 5) is 0.